The van der Waals surface area contributed by atoms with E-state index < -0.39 is 12.0 Å². The second-order valence-electron chi connectivity index (χ2n) is 6.07. The summed E-state index contributed by atoms with van der Waals surface area (Å²) >= 11 is 0. The highest BCUT2D eigenvalue weighted by Crippen LogP contribution is 2.39. The van der Waals surface area contributed by atoms with Gasteiger partial charge in [0.1, 0.15) is 6.04 Å². The fourth-order valence-corrected chi connectivity index (χ4v) is 3.71. The molecule has 20 heavy (non-hydrogen) atoms. The lowest BCUT2D eigenvalue weighted by molar-refractivity contribution is -0.141. The summed E-state index contributed by atoms with van der Waals surface area (Å²) in [5.41, 5.74) is 0. The van der Waals surface area contributed by atoms with E-state index in [0.717, 1.165) is 38.5 Å². The van der Waals surface area contributed by atoms with Crippen LogP contribution in [0.4, 0.5) is 4.79 Å². The third kappa shape index (κ3) is 2.91. The van der Waals surface area contributed by atoms with Crippen LogP contribution in [-0.4, -0.2) is 40.1 Å². The topological polar surface area (TPSA) is 69.6 Å². The van der Waals surface area contributed by atoms with Crippen molar-refractivity contribution in [2.75, 3.05) is 0 Å². The molecular formula is C15H26N2O3. The van der Waals surface area contributed by atoms with Crippen molar-refractivity contribution in [3.05, 3.63) is 0 Å². The second-order valence-corrected chi connectivity index (χ2v) is 6.07. The Morgan fingerprint density at radius 2 is 1.90 bits per heavy atom. The van der Waals surface area contributed by atoms with E-state index in [9.17, 15) is 14.7 Å². The first-order valence-electron chi connectivity index (χ1n) is 7.90. The zero-order chi connectivity index (χ0) is 14.7. The normalized spacial score (nSPS) is 29.4. The molecule has 2 aliphatic rings. The van der Waals surface area contributed by atoms with Crippen LogP contribution in [0.5, 0.6) is 0 Å². The summed E-state index contributed by atoms with van der Waals surface area (Å²) < 4.78 is 0. The van der Waals surface area contributed by atoms with Gasteiger partial charge in [0.05, 0.1) is 0 Å². The van der Waals surface area contributed by atoms with Gasteiger partial charge in [-0.05, 0) is 38.0 Å². The van der Waals surface area contributed by atoms with Gasteiger partial charge in [-0.2, -0.15) is 0 Å². The first-order chi connectivity index (χ1) is 9.58. The molecule has 114 valence electrons. The number of nitrogens with zero attached hydrogens (tertiary/aromatic N) is 1. The monoisotopic (exact) mass is 282 g/mol. The van der Waals surface area contributed by atoms with Crippen molar-refractivity contribution in [3.8, 4) is 0 Å². The van der Waals surface area contributed by atoms with Crippen LogP contribution in [0.1, 0.15) is 58.8 Å². The molecule has 1 heterocycles. The summed E-state index contributed by atoms with van der Waals surface area (Å²) in [6.07, 6.45) is 6.64. The first-order valence-corrected chi connectivity index (χ1v) is 7.90. The lowest BCUT2D eigenvalue weighted by atomic mass is 9.85. The van der Waals surface area contributed by atoms with Gasteiger partial charge in [-0.25, -0.2) is 9.59 Å². The fourth-order valence-electron chi connectivity index (χ4n) is 3.71. The highest BCUT2D eigenvalue weighted by atomic mass is 16.4. The van der Waals surface area contributed by atoms with Gasteiger partial charge in [0, 0.05) is 12.1 Å². The number of nitrogens with one attached hydrogen (secondary N) is 1. The molecule has 2 N–H and O–H groups in total. The number of carbonyl (C=O) groups is 2. The molecule has 2 fully saturated rings. The lowest BCUT2D eigenvalue weighted by Crippen LogP contribution is -2.52. The van der Waals surface area contributed by atoms with E-state index in [4.69, 9.17) is 0 Å². The Labute approximate surface area is 120 Å². The number of carboxylic acid groups (broad SMARTS) is 1. The van der Waals surface area contributed by atoms with Crippen molar-refractivity contribution >= 4 is 12.0 Å². The van der Waals surface area contributed by atoms with E-state index >= 15 is 0 Å². The van der Waals surface area contributed by atoms with Crippen molar-refractivity contribution in [1.29, 1.82) is 0 Å². The average Bonchev–Trinajstić information content (AvgIpc) is 2.84. The third-order valence-electron chi connectivity index (χ3n) is 4.92. The number of urea groups is 1. The number of hydrogen-bond donors (Lipinski definition) is 2. The number of likely N-dealkylation sites (tertiary alicyclic amines) is 1. The molecule has 0 aromatic rings. The van der Waals surface area contributed by atoms with Gasteiger partial charge in [0.25, 0.3) is 0 Å². The zero-order valence-corrected chi connectivity index (χ0v) is 12.5. The van der Waals surface area contributed by atoms with Crippen LogP contribution in [-0.2, 0) is 4.79 Å². The van der Waals surface area contributed by atoms with E-state index in [1.807, 2.05) is 13.8 Å². The Bertz CT molecular complexity index is 368. The predicted octanol–water partition coefficient (Wildman–Crippen LogP) is 2.60. The van der Waals surface area contributed by atoms with Gasteiger partial charge in [-0.15, -0.1) is 0 Å². The van der Waals surface area contributed by atoms with E-state index in [-0.39, 0.29) is 18.1 Å². The lowest BCUT2D eigenvalue weighted by Gasteiger charge is -2.34. The zero-order valence-electron chi connectivity index (χ0n) is 12.5. The maximum Gasteiger partial charge on any atom is 0.326 e. The van der Waals surface area contributed by atoms with Crippen LogP contribution in [0.2, 0.25) is 0 Å². The number of carboxylic acids is 1. The van der Waals surface area contributed by atoms with Gasteiger partial charge < -0.3 is 15.3 Å². The number of rotatable bonds is 4. The van der Waals surface area contributed by atoms with Crippen LogP contribution >= 0.6 is 0 Å². The minimum absolute atomic E-state index is 0.124. The molecule has 0 aromatic carbocycles. The van der Waals surface area contributed by atoms with E-state index in [1.165, 1.54) is 0 Å². The van der Waals surface area contributed by atoms with E-state index in [1.54, 1.807) is 4.90 Å². The molecule has 2 amide bonds. The summed E-state index contributed by atoms with van der Waals surface area (Å²) in [4.78, 5) is 25.6. The smallest absolute Gasteiger partial charge is 0.326 e. The largest absolute Gasteiger partial charge is 0.480 e. The van der Waals surface area contributed by atoms with Crippen molar-refractivity contribution in [2.24, 2.45) is 5.92 Å². The highest BCUT2D eigenvalue weighted by Gasteiger charge is 2.47. The van der Waals surface area contributed by atoms with Gasteiger partial charge >= 0.3 is 12.0 Å². The Kier molecular flexibility index (Phi) is 4.89. The maximum absolute atomic E-state index is 12.5. The summed E-state index contributed by atoms with van der Waals surface area (Å²) in [5, 5.41) is 12.4. The molecule has 1 aliphatic heterocycles. The minimum Gasteiger partial charge on any atom is -0.480 e. The van der Waals surface area contributed by atoms with Gasteiger partial charge in [0.15, 0.2) is 0 Å². The molecule has 3 atom stereocenters. The van der Waals surface area contributed by atoms with Gasteiger partial charge in [0.2, 0.25) is 0 Å². The van der Waals surface area contributed by atoms with Crippen LogP contribution in [0.15, 0.2) is 0 Å². The standard InChI is InChI=1S/C15H26N2O3/c1-3-11(4-2)16-15(20)17-12-8-6-5-7-10(12)9-13(17)14(18)19/h10-13H,3-9H2,1-2H3,(H,16,20)(H,18,19). The molecule has 0 radical (unpaired) electrons. The van der Waals surface area contributed by atoms with Crippen molar-refractivity contribution in [2.45, 2.75) is 76.9 Å². The fraction of sp³-hybridized carbons (Fsp3) is 0.867. The van der Waals surface area contributed by atoms with Crippen molar-refractivity contribution in [1.82, 2.24) is 10.2 Å². The number of carbonyl (C=O) groups excluding carboxylic acids is 1. The molecule has 1 saturated carbocycles. The summed E-state index contributed by atoms with van der Waals surface area (Å²) in [7, 11) is 0. The summed E-state index contributed by atoms with van der Waals surface area (Å²) in [6, 6.07) is -0.559. The Balaban J connectivity index is 2.12. The Morgan fingerprint density at radius 3 is 2.50 bits per heavy atom. The molecule has 5 nitrogen and oxygen atoms in total. The molecular weight excluding hydrogens is 256 g/mol. The van der Waals surface area contributed by atoms with Crippen LogP contribution in [0.25, 0.3) is 0 Å². The van der Waals surface area contributed by atoms with Crippen LogP contribution in [0, 0.1) is 5.92 Å². The quantitative estimate of drug-likeness (QED) is 0.832. The number of amides is 2. The summed E-state index contributed by atoms with van der Waals surface area (Å²) in [6.45, 7) is 4.08. The van der Waals surface area contributed by atoms with Crippen LogP contribution < -0.4 is 5.32 Å². The molecule has 1 aliphatic carbocycles. The predicted molar refractivity (Wildman–Crippen MR) is 76.5 cm³/mol. The maximum atomic E-state index is 12.5. The molecule has 1 saturated heterocycles. The molecule has 0 spiro atoms. The van der Waals surface area contributed by atoms with Crippen molar-refractivity contribution in [3.63, 3.8) is 0 Å². The third-order valence-corrected chi connectivity index (χ3v) is 4.92. The highest BCUT2D eigenvalue weighted by molar-refractivity contribution is 5.84. The number of hydrogen-bond acceptors (Lipinski definition) is 2. The van der Waals surface area contributed by atoms with Gasteiger partial charge in [-0.1, -0.05) is 26.7 Å². The molecule has 2 rings (SSSR count). The number of fused-ring (bicyclic) bond motifs is 1. The minimum atomic E-state index is -0.862. The van der Waals surface area contributed by atoms with E-state index in [0.29, 0.717) is 12.3 Å². The molecule has 0 bridgehead atoms. The second kappa shape index (κ2) is 6.46. The Hall–Kier alpha value is -1.26. The molecule has 0 aromatic heterocycles. The Morgan fingerprint density at radius 1 is 1.25 bits per heavy atom. The average molecular weight is 282 g/mol. The van der Waals surface area contributed by atoms with Gasteiger partial charge in [-0.3, -0.25) is 0 Å². The molecule has 3 unspecified atom stereocenters. The van der Waals surface area contributed by atoms with Crippen molar-refractivity contribution < 1.29 is 14.7 Å². The summed E-state index contributed by atoms with van der Waals surface area (Å²) in [5.74, 6) is -0.489. The first kappa shape index (κ1) is 15.1. The molecule has 5 heteroatoms. The van der Waals surface area contributed by atoms with Crippen LogP contribution in [0.3, 0.4) is 0 Å². The SMILES string of the molecule is CCC(CC)NC(=O)N1C(C(=O)O)CC2CCCCC21. The number of aliphatic carboxylic acids is 1. The van der Waals surface area contributed by atoms with E-state index in [2.05, 4.69) is 5.32 Å².